The topological polar surface area (TPSA) is 52.6 Å². The number of likely N-dealkylation sites (N-methyl/N-ethyl adjacent to an activating group) is 1. The van der Waals surface area contributed by atoms with Crippen LogP contribution in [0.4, 0.5) is 0 Å². The van der Waals surface area contributed by atoms with E-state index < -0.39 is 0 Å². The normalized spacial score (nSPS) is 13.0. The summed E-state index contributed by atoms with van der Waals surface area (Å²) >= 11 is 0. The Morgan fingerprint density at radius 1 is 1.54 bits per heavy atom. The predicted octanol–water partition coefficient (Wildman–Crippen LogP) is -0.175. The molecule has 0 aromatic carbocycles. The first-order valence-electron chi connectivity index (χ1n) is 4.63. The summed E-state index contributed by atoms with van der Waals surface area (Å²) in [5, 5.41) is 11.7. The summed E-state index contributed by atoms with van der Waals surface area (Å²) < 4.78 is 0. The number of hydrogen-bond acceptors (Lipinski definition) is 3. The summed E-state index contributed by atoms with van der Waals surface area (Å²) in [6, 6.07) is 0. The molecule has 13 heavy (non-hydrogen) atoms. The van der Waals surface area contributed by atoms with E-state index >= 15 is 0 Å². The molecule has 0 aromatic heterocycles. The van der Waals surface area contributed by atoms with Gasteiger partial charge in [0.25, 0.3) is 0 Å². The largest absolute Gasteiger partial charge is 0.393 e. The van der Waals surface area contributed by atoms with Crippen molar-refractivity contribution in [3.63, 3.8) is 0 Å². The van der Waals surface area contributed by atoms with Crippen molar-refractivity contribution < 1.29 is 9.90 Å². The van der Waals surface area contributed by atoms with Crippen LogP contribution in [0.5, 0.6) is 0 Å². The Bertz CT molecular complexity index is 149. The maximum atomic E-state index is 10.5. The summed E-state index contributed by atoms with van der Waals surface area (Å²) in [5.74, 6) is 0.00364. The minimum Gasteiger partial charge on any atom is -0.393 e. The minimum absolute atomic E-state index is 0.00364. The summed E-state index contributed by atoms with van der Waals surface area (Å²) in [4.78, 5) is 12.6. The number of rotatable bonds is 6. The molecule has 0 rings (SSSR count). The van der Waals surface area contributed by atoms with Crippen LogP contribution in [-0.2, 0) is 4.79 Å². The van der Waals surface area contributed by atoms with Gasteiger partial charge in [-0.3, -0.25) is 4.79 Å². The second kappa shape index (κ2) is 6.86. The molecule has 0 aliphatic rings. The number of nitrogens with zero attached hydrogens (tertiary/aromatic N) is 1. The van der Waals surface area contributed by atoms with Gasteiger partial charge in [0.15, 0.2) is 0 Å². The lowest BCUT2D eigenvalue weighted by atomic mass is 10.3. The van der Waals surface area contributed by atoms with Crippen LogP contribution in [0.15, 0.2) is 0 Å². The summed E-state index contributed by atoms with van der Waals surface area (Å²) in [6.07, 6.45) is 0.527. The Morgan fingerprint density at radius 2 is 2.15 bits per heavy atom. The van der Waals surface area contributed by atoms with Crippen LogP contribution in [0, 0.1) is 0 Å². The summed E-state index contributed by atoms with van der Waals surface area (Å²) in [6.45, 7) is 5.65. The molecule has 4 nitrogen and oxygen atoms in total. The number of amides is 1. The highest BCUT2D eigenvalue weighted by molar-refractivity contribution is 5.72. The Kier molecular flexibility index (Phi) is 6.54. The molecule has 0 aliphatic heterocycles. The molecule has 0 bridgehead atoms. The van der Waals surface area contributed by atoms with E-state index in [9.17, 15) is 4.79 Å². The van der Waals surface area contributed by atoms with Crippen molar-refractivity contribution in [3.05, 3.63) is 0 Å². The third kappa shape index (κ3) is 9.30. The van der Waals surface area contributed by atoms with Crippen LogP contribution in [0.3, 0.4) is 0 Å². The number of carbonyl (C=O) groups is 1. The van der Waals surface area contributed by atoms with E-state index in [2.05, 4.69) is 10.2 Å². The Morgan fingerprint density at radius 3 is 2.62 bits per heavy atom. The van der Waals surface area contributed by atoms with Crippen molar-refractivity contribution in [1.29, 1.82) is 0 Å². The maximum absolute atomic E-state index is 10.5. The van der Waals surface area contributed by atoms with Crippen LogP contribution in [-0.4, -0.2) is 48.7 Å². The minimum atomic E-state index is -0.247. The molecule has 1 atom stereocenters. The second-order valence-electron chi connectivity index (χ2n) is 3.42. The average Bonchev–Trinajstić information content (AvgIpc) is 2.00. The number of carbonyl (C=O) groups excluding carboxylic acids is 1. The van der Waals surface area contributed by atoms with Gasteiger partial charge in [0, 0.05) is 26.6 Å². The van der Waals surface area contributed by atoms with Crippen LogP contribution < -0.4 is 5.32 Å². The molecule has 4 heteroatoms. The van der Waals surface area contributed by atoms with Crippen molar-refractivity contribution in [1.82, 2.24) is 10.2 Å². The van der Waals surface area contributed by atoms with E-state index in [1.54, 1.807) is 6.92 Å². The SMILES string of the molecule is CC(=O)NCCN(C)CCC(C)O. The van der Waals surface area contributed by atoms with Crippen molar-refractivity contribution in [2.75, 3.05) is 26.7 Å². The molecule has 0 aliphatic carbocycles. The van der Waals surface area contributed by atoms with E-state index in [0.29, 0.717) is 6.54 Å². The number of nitrogens with one attached hydrogen (secondary N) is 1. The van der Waals surface area contributed by atoms with Crippen LogP contribution in [0.25, 0.3) is 0 Å². The Balaban J connectivity index is 3.29. The first kappa shape index (κ1) is 12.4. The molecular weight excluding hydrogens is 168 g/mol. The van der Waals surface area contributed by atoms with E-state index in [4.69, 9.17) is 5.11 Å². The van der Waals surface area contributed by atoms with Crippen LogP contribution in [0.2, 0.25) is 0 Å². The molecule has 78 valence electrons. The molecule has 1 unspecified atom stereocenters. The van der Waals surface area contributed by atoms with Gasteiger partial charge < -0.3 is 15.3 Å². The van der Waals surface area contributed by atoms with E-state index in [1.807, 2.05) is 7.05 Å². The van der Waals surface area contributed by atoms with Crippen LogP contribution in [0.1, 0.15) is 20.3 Å². The number of aliphatic hydroxyl groups is 1. The van der Waals surface area contributed by atoms with Gasteiger partial charge in [0.2, 0.25) is 5.91 Å². The molecule has 0 saturated heterocycles. The monoisotopic (exact) mass is 188 g/mol. The van der Waals surface area contributed by atoms with E-state index in [0.717, 1.165) is 19.5 Å². The van der Waals surface area contributed by atoms with Crippen LogP contribution >= 0.6 is 0 Å². The van der Waals surface area contributed by atoms with Crippen molar-refractivity contribution in [2.45, 2.75) is 26.4 Å². The van der Waals surface area contributed by atoms with Gasteiger partial charge in [0.1, 0.15) is 0 Å². The predicted molar refractivity (Wildman–Crippen MR) is 52.5 cm³/mol. The third-order valence-corrected chi connectivity index (χ3v) is 1.80. The molecule has 0 aromatic rings. The van der Waals surface area contributed by atoms with E-state index in [-0.39, 0.29) is 12.0 Å². The highest BCUT2D eigenvalue weighted by Crippen LogP contribution is 1.91. The van der Waals surface area contributed by atoms with E-state index in [1.165, 1.54) is 6.92 Å². The van der Waals surface area contributed by atoms with Gasteiger partial charge in [0.05, 0.1) is 6.10 Å². The molecule has 0 saturated carbocycles. The lowest BCUT2D eigenvalue weighted by Crippen LogP contribution is -2.32. The molecule has 0 heterocycles. The fraction of sp³-hybridized carbons (Fsp3) is 0.889. The fourth-order valence-electron chi connectivity index (χ4n) is 0.942. The number of aliphatic hydroxyl groups excluding tert-OH is 1. The van der Waals surface area contributed by atoms with Gasteiger partial charge in [-0.2, -0.15) is 0 Å². The third-order valence-electron chi connectivity index (χ3n) is 1.80. The molecular formula is C9H20N2O2. The summed E-state index contributed by atoms with van der Waals surface area (Å²) in [5.41, 5.74) is 0. The zero-order chi connectivity index (χ0) is 10.3. The van der Waals surface area contributed by atoms with Gasteiger partial charge in [-0.15, -0.1) is 0 Å². The van der Waals surface area contributed by atoms with Gasteiger partial charge >= 0.3 is 0 Å². The van der Waals surface area contributed by atoms with Gasteiger partial charge in [-0.05, 0) is 20.4 Å². The lowest BCUT2D eigenvalue weighted by Gasteiger charge is -2.17. The molecule has 0 fully saturated rings. The Labute approximate surface area is 79.9 Å². The zero-order valence-corrected chi connectivity index (χ0v) is 8.71. The standard InChI is InChI=1S/C9H20N2O2/c1-8(12)4-6-11(3)7-5-10-9(2)13/h8,12H,4-7H2,1-3H3,(H,10,13). The van der Waals surface area contributed by atoms with Gasteiger partial charge in [-0.25, -0.2) is 0 Å². The molecule has 1 amide bonds. The molecule has 0 spiro atoms. The molecule has 2 N–H and O–H groups in total. The molecule has 0 radical (unpaired) electrons. The maximum Gasteiger partial charge on any atom is 0.216 e. The lowest BCUT2D eigenvalue weighted by molar-refractivity contribution is -0.119. The van der Waals surface area contributed by atoms with Crippen molar-refractivity contribution >= 4 is 5.91 Å². The van der Waals surface area contributed by atoms with Crippen molar-refractivity contribution in [3.8, 4) is 0 Å². The average molecular weight is 188 g/mol. The van der Waals surface area contributed by atoms with Crippen molar-refractivity contribution in [2.24, 2.45) is 0 Å². The number of hydrogen-bond donors (Lipinski definition) is 2. The van der Waals surface area contributed by atoms with Gasteiger partial charge in [-0.1, -0.05) is 0 Å². The first-order chi connectivity index (χ1) is 6.02. The highest BCUT2D eigenvalue weighted by Gasteiger charge is 2.00. The zero-order valence-electron chi connectivity index (χ0n) is 8.71. The fourth-order valence-corrected chi connectivity index (χ4v) is 0.942. The Hall–Kier alpha value is -0.610. The smallest absolute Gasteiger partial charge is 0.216 e. The second-order valence-corrected chi connectivity index (χ2v) is 3.42. The highest BCUT2D eigenvalue weighted by atomic mass is 16.3. The first-order valence-corrected chi connectivity index (χ1v) is 4.63. The quantitative estimate of drug-likeness (QED) is 0.608. The summed E-state index contributed by atoms with van der Waals surface area (Å²) in [7, 11) is 1.98.